The minimum Gasteiger partial charge on any atom is -0.493 e. The lowest BCUT2D eigenvalue weighted by Gasteiger charge is -2.28. The number of benzene rings is 4. The van der Waals surface area contributed by atoms with Gasteiger partial charge in [0.25, 0.3) is 0 Å². The first-order valence-corrected chi connectivity index (χ1v) is 12.7. The Hall–Kier alpha value is -3.96. The number of nitrogens with one attached hydrogen (secondary N) is 1. The van der Waals surface area contributed by atoms with E-state index in [4.69, 9.17) is 18.9 Å². The summed E-state index contributed by atoms with van der Waals surface area (Å²) >= 11 is 0. The van der Waals surface area contributed by atoms with E-state index in [2.05, 4.69) is 53.8 Å². The summed E-state index contributed by atoms with van der Waals surface area (Å²) in [5.41, 5.74) is 5.96. The quantitative estimate of drug-likeness (QED) is 0.280. The molecule has 37 heavy (non-hydrogen) atoms. The molecule has 0 radical (unpaired) electrons. The highest BCUT2D eigenvalue weighted by Gasteiger charge is 2.23. The third-order valence-corrected chi connectivity index (χ3v) is 6.73. The molecule has 0 saturated carbocycles. The lowest BCUT2D eigenvalue weighted by Crippen LogP contribution is -2.31. The second-order valence-corrected chi connectivity index (χ2v) is 9.20. The van der Waals surface area contributed by atoms with E-state index in [1.54, 1.807) is 14.2 Å². The highest BCUT2D eigenvalue weighted by molar-refractivity contribution is 5.50. The van der Waals surface area contributed by atoms with Crippen molar-refractivity contribution < 1.29 is 18.9 Å². The van der Waals surface area contributed by atoms with E-state index in [0.29, 0.717) is 13.2 Å². The van der Waals surface area contributed by atoms with Crippen LogP contribution in [0.15, 0.2) is 91.0 Å². The SMILES string of the molecule is COc1ccc(C[C@@H]2NCCc3cc(OC)c(OCc4ccccc4)cc32)cc1OCc1ccccc1. The van der Waals surface area contributed by atoms with Crippen LogP contribution in [0.1, 0.15) is 33.9 Å². The van der Waals surface area contributed by atoms with Crippen molar-refractivity contribution in [2.24, 2.45) is 0 Å². The van der Waals surface area contributed by atoms with Crippen molar-refractivity contribution in [2.75, 3.05) is 20.8 Å². The molecule has 0 saturated heterocycles. The summed E-state index contributed by atoms with van der Waals surface area (Å²) < 4.78 is 23.6. The fourth-order valence-electron chi connectivity index (χ4n) is 4.77. The van der Waals surface area contributed by atoms with Crippen LogP contribution in [0.4, 0.5) is 0 Å². The van der Waals surface area contributed by atoms with Crippen molar-refractivity contribution in [1.82, 2.24) is 5.32 Å². The number of rotatable bonds is 10. The fourth-order valence-corrected chi connectivity index (χ4v) is 4.77. The van der Waals surface area contributed by atoms with Gasteiger partial charge in [-0.3, -0.25) is 0 Å². The Morgan fingerprint density at radius 3 is 1.89 bits per heavy atom. The summed E-state index contributed by atoms with van der Waals surface area (Å²) in [5, 5.41) is 3.70. The van der Waals surface area contributed by atoms with E-state index in [1.165, 1.54) is 16.7 Å². The Kier molecular flexibility index (Phi) is 7.92. The number of methoxy groups -OCH3 is 2. The molecule has 1 aliphatic rings. The normalized spacial score (nSPS) is 14.5. The van der Waals surface area contributed by atoms with Crippen LogP contribution in [-0.4, -0.2) is 20.8 Å². The molecule has 0 spiro atoms. The van der Waals surface area contributed by atoms with Crippen molar-refractivity contribution in [1.29, 1.82) is 0 Å². The molecule has 0 unspecified atom stereocenters. The molecule has 0 amide bonds. The Balaban J connectivity index is 1.36. The Labute approximate surface area is 219 Å². The van der Waals surface area contributed by atoms with Gasteiger partial charge in [-0.25, -0.2) is 0 Å². The maximum atomic E-state index is 6.21. The topological polar surface area (TPSA) is 49.0 Å². The molecule has 4 aromatic carbocycles. The minimum atomic E-state index is 0.157. The molecule has 1 atom stereocenters. The molecule has 5 heteroatoms. The van der Waals surface area contributed by atoms with Crippen LogP contribution in [0.5, 0.6) is 23.0 Å². The van der Waals surface area contributed by atoms with Crippen LogP contribution in [-0.2, 0) is 26.1 Å². The van der Waals surface area contributed by atoms with Crippen molar-refractivity contribution in [3.8, 4) is 23.0 Å². The largest absolute Gasteiger partial charge is 0.493 e. The van der Waals surface area contributed by atoms with Gasteiger partial charge in [0.05, 0.1) is 14.2 Å². The molecule has 4 aromatic rings. The molecule has 1 heterocycles. The predicted molar refractivity (Wildman–Crippen MR) is 146 cm³/mol. The summed E-state index contributed by atoms with van der Waals surface area (Å²) in [7, 11) is 3.37. The predicted octanol–water partition coefficient (Wildman–Crippen LogP) is 6.29. The van der Waals surface area contributed by atoms with Crippen molar-refractivity contribution in [2.45, 2.75) is 32.1 Å². The van der Waals surface area contributed by atoms with E-state index >= 15 is 0 Å². The van der Waals surface area contributed by atoms with Gasteiger partial charge in [0.1, 0.15) is 13.2 Å². The molecule has 1 N–H and O–H groups in total. The molecule has 0 aliphatic carbocycles. The fraction of sp³-hybridized carbons (Fsp3) is 0.250. The summed E-state index contributed by atoms with van der Waals surface area (Å²) in [5.74, 6) is 3.02. The van der Waals surface area contributed by atoms with Crippen LogP contribution < -0.4 is 24.3 Å². The van der Waals surface area contributed by atoms with Gasteiger partial charge in [-0.1, -0.05) is 66.7 Å². The summed E-state index contributed by atoms with van der Waals surface area (Å²) in [6, 6.07) is 31.0. The van der Waals surface area contributed by atoms with Gasteiger partial charge in [-0.15, -0.1) is 0 Å². The monoisotopic (exact) mass is 495 g/mol. The average Bonchev–Trinajstić information content (AvgIpc) is 2.96. The van der Waals surface area contributed by atoms with Crippen molar-refractivity contribution >= 4 is 0 Å². The molecule has 190 valence electrons. The van der Waals surface area contributed by atoms with Crippen molar-refractivity contribution in [3.05, 3.63) is 119 Å². The zero-order chi connectivity index (χ0) is 25.5. The lowest BCUT2D eigenvalue weighted by atomic mass is 9.89. The third kappa shape index (κ3) is 6.07. The lowest BCUT2D eigenvalue weighted by molar-refractivity contribution is 0.282. The van der Waals surface area contributed by atoms with E-state index in [1.807, 2.05) is 42.5 Å². The van der Waals surface area contributed by atoms with Gasteiger partial charge in [0.2, 0.25) is 0 Å². The van der Waals surface area contributed by atoms with E-state index in [9.17, 15) is 0 Å². The molecule has 1 aliphatic heterocycles. The van der Waals surface area contributed by atoms with Gasteiger partial charge in [0, 0.05) is 6.04 Å². The number of fused-ring (bicyclic) bond motifs is 1. The van der Waals surface area contributed by atoms with Crippen LogP contribution in [0.25, 0.3) is 0 Å². The molecule has 0 aromatic heterocycles. The molecular formula is C32H33NO4. The number of hydrogen-bond donors (Lipinski definition) is 1. The zero-order valence-electron chi connectivity index (χ0n) is 21.4. The first kappa shape index (κ1) is 24.7. The summed E-state index contributed by atoms with van der Waals surface area (Å²) in [6.07, 6.45) is 1.78. The van der Waals surface area contributed by atoms with Crippen LogP contribution in [0.3, 0.4) is 0 Å². The molecular weight excluding hydrogens is 462 g/mol. The summed E-state index contributed by atoms with van der Waals surface area (Å²) in [4.78, 5) is 0. The highest BCUT2D eigenvalue weighted by atomic mass is 16.5. The Morgan fingerprint density at radius 2 is 1.27 bits per heavy atom. The zero-order valence-corrected chi connectivity index (χ0v) is 21.4. The smallest absolute Gasteiger partial charge is 0.162 e. The van der Waals surface area contributed by atoms with E-state index in [-0.39, 0.29) is 6.04 Å². The first-order valence-electron chi connectivity index (χ1n) is 12.7. The molecule has 5 nitrogen and oxygen atoms in total. The van der Waals surface area contributed by atoms with Gasteiger partial charge in [0.15, 0.2) is 23.0 Å². The van der Waals surface area contributed by atoms with Crippen molar-refractivity contribution in [3.63, 3.8) is 0 Å². The third-order valence-electron chi connectivity index (χ3n) is 6.73. The highest BCUT2D eigenvalue weighted by Crippen LogP contribution is 2.38. The summed E-state index contributed by atoms with van der Waals surface area (Å²) in [6.45, 7) is 1.90. The molecule has 5 rings (SSSR count). The van der Waals surface area contributed by atoms with E-state index < -0.39 is 0 Å². The standard InChI is InChI=1S/C32H33NO4/c1-34-29-14-13-25(18-31(29)36-21-23-9-5-3-6-10-23)17-28-27-20-32(37-22-24-11-7-4-8-12-24)30(35-2)19-26(27)15-16-33-28/h3-14,18-20,28,33H,15-17,21-22H2,1-2H3/t28-/m0/s1. The van der Waals surface area contributed by atoms with Gasteiger partial charge in [-0.05, 0) is 71.5 Å². The Morgan fingerprint density at radius 1 is 0.649 bits per heavy atom. The average molecular weight is 496 g/mol. The maximum absolute atomic E-state index is 6.21. The van der Waals surface area contributed by atoms with Crippen LogP contribution >= 0.6 is 0 Å². The maximum Gasteiger partial charge on any atom is 0.162 e. The van der Waals surface area contributed by atoms with Crippen LogP contribution in [0.2, 0.25) is 0 Å². The first-order chi connectivity index (χ1) is 18.2. The van der Waals surface area contributed by atoms with Gasteiger partial charge >= 0.3 is 0 Å². The molecule has 0 fully saturated rings. The number of hydrogen-bond acceptors (Lipinski definition) is 5. The molecule has 0 bridgehead atoms. The number of ether oxygens (including phenoxy) is 4. The van der Waals surface area contributed by atoms with Crippen LogP contribution in [0, 0.1) is 0 Å². The van der Waals surface area contributed by atoms with Gasteiger partial charge < -0.3 is 24.3 Å². The second kappa shape index (κ2) is 11.8. The Bertz CT molecular complexity index is 1310. The minimum absolute atomic E-state index is 0.157. The second-order valence-electron chi connectivity index (χ2n) is 9.20. The van der Waals surface area contributed by atoms with Gasteiger partial charge in [-0.2, -0.15) is 0 Å². The van der Waals surface area contributed by atoms with E-state index in [0.717, 1.165) is 53.5 Å².